The van der Waals surface area contributed by atoms with Crippen LogP contribution in [0.4, 0.5) is 5.82 Å². The predicted octanol–water partition coefficient (Wildman–Crippen LogP) is 6.52. The molecule has 5 heteroatoms. The highest BCUT2D eigenvalue weighted by molar-refractivity contribution is 5.90. The third-order valence-electron chi connectivity index (χ3n) is 6.01. The molecule has 0 spiro atoms. The zero-order valence-electron chi connectivity index (χ0n) is 20.7. The van der Waals surface area contributed by atoms with Crippen molar-refractivity contribution in [1.82, 2.24) is 14.9 Å². The summed E-state index contributed by atoms with van der Waals surface area (Å²) in [5.41, 5.74) is 3.17. The third kappa shape index (κ3) is 7.14. The maximum Gasteiger partial charge on any atom is 0.154 e. The second kappa shape index (κ2) is 12.7. The Morgan fingerprint density at radius 1 is 0.829 bits per heavy atom. The van der Waals surface area contributed by atoms with E-state index >= 15 is 0 Å². The Bertz CT molecular complexity index is 1220. The highest BCUT2D eigenvalue weighted by Gasteiger charge is 2.06. The Morgan fingerprint density at radius 2 is 1.57 bits per heavy atom. The van der Waals surface area contributed by atoms with Gasteiger partial charge in [-0.05, 0) is 67.5 Å². The zero-order valence-corrected chi connectivity index (χ0v) is 20.7. The van der Waals surface area contributed by atoms with Crippen LogP contribution >= 0.6 is 0 Å². The summed E-state index contributed by atoms with van der Waals surface area (Å²) >= 11 is 0. The van der Waals surface area contributed by atoms with Crippen LogP contribution in [0.1, 0.15) is 37.2 Å². The van der Waals surface area contributed by atoms with Crippen molar-refractivity contribution in [3.8, 4) is 5.75 Å². The summed E-state index contributed by atoms with van der Waals surface area (Å²) in [5.74, 6) is 2.43. The molecule has 4 aromatic rings. The Morgan fingerprint density at radius 3 is 2.34 bits per heavy atom. The van der Waals surface area contributed by atoms with Gasteiger partial charge in [-0.2, -0.15) is 0 Å². The molecule has 0 saturated carbocycles. The number of fused-ring (bicyclic) bond motifs is 1. The summed E-state index contributed by atoms with van der Waals surface area (Å²) in [5, 5.41) is 4.59. The van der Waals surface area contributed by atoms with Crippen molar-refractivity contribution in [1.29, 1.82) is 0 Å². The van der Waals surface area contributed by atoms with E-state index in [1.807, 2.05) is 72.8 Å². The molecule has 1 aromatic heterocycles. The second-order valence-corrected chi connectivity index (χ2v) is 8.43. The van der Waals surface area contributed by atoms with Gasteiger partial charge in [-0.15, -0.1) is 0 Å². The minimum atomic E-state index is 0.561. The van der Waals surface area contributed by atoms with Crippen LogP contribution < -0.4 is 10.1 Å². The van der Waals surface area contributed by atoms with E-state index in [4.69, 9.17) is 14.7 Å². The van der Waals surface area contributed by atoms with E-state index in [2.05, 4.69) is 42.3 Å². The quantitative estimate of drug-likeness (QED) is 0.241. The molecule has 4 rings (SSSR count). The average Bonchev–Trinajstić information content (AvgIpc) is 2.92. The van der Waals surface area contributed by atoms with E-state index in [1.54, 1.807) is 0 Å². The standard InChI is InChI=1S/C30H34N4O/c1-3-34(4-2)22-10-21-31-30-27-13-8-9-14-28(27)32-29(33-30)20-17-24-15-18-26(19-16-24)35-23-25-11-6-5-7-12-25/h5-9,11-20H,3-4,10,21-23H2,1-2H3,(H,31,32,33). The van der Waals surface area contributed by atoms with Gasteiger partial charge in [0, 0.05) is 11.9 Å². The number of aromatic nitrogens is 2. The number of hydrogen-bond donors (Lipinski definition) is 1. The summed E-state index contributed by atoms with van der Waals surface area (Å²) in [6.07, 6.45) is 5.08. The number of ether oxygens (including phenoxy) is 1. The van der Waals surface area contributed by atoms with Gasteiger partial charge >= 0.3 is 0 Å². The van der Waals surface area contributed by atoms with Crippen LogP contribution in [-0.2, 0) is 6.61 Å². The molecule has 5 nitrogen and oxygen atoms in total. The minimum absolute atomic E-state index is 0.561. The number of nitrogens with zero attached hydrogens (tertiary/aromatic N) is 3. The van der Waals surface area contributed by atoms with Gasteiger partial charge < -0.3 is 15.0 Å². The molecular weight excluding hydrogens is 432 g/mol. The van der Waals surface area contributed by atoms with Crippen LogP contribution in [0.5, 0.6) is 5.75 Å². The van der Waals surface area contributed by atoms with Crippen LogP contribution in [0.2, 0.25) is 0 Å². The van der Waals surface area contributed by atoms with Crippen molar-refractivity contribution in [2.45, 2.75) is 26.9 Å². The molecule has 0 fully saturated rings. The van der Waals surface area contributed by atoms with Gasteiger partial charge in [-0.1, -0.05) is 74.5 Å². The van der Waals surface area contributed by atoms with Crippen molar-refractivity contribution in [2.24, 2.45) is 0 Å². The Labute approximate surface area is 208 Å². The third-order valence-corrected chi connectivity index (χ3v) is 6.01. The minimum Gasteiger partial charge on any atom is -0.489 e. The summed E-state index contributed by atoms with van der Waals surface area (Å²) in [6.45, 7) is 9.11. The molecule has 0 aliphatic heterocycles. The smallest absolute Gasteiger partial charge is 0.154 e. The van der Waals surface area contributed by atoms with Gasteiger partial charge in [-0.25, -0.2) is 9.97 Å². The van der Waals surface area contributed by atoms with Crippen molar-refractivity contribution in [3.05, 3.63) is 95.8 Å². The number of rotatable bonds is 12. The van der Waals surface area contributed by atoms with Gasteiger partial charge in [0.25, 0.3) is 0 Å². The molecule has 0 radical (unpaired) electrons. The molecule has 1 heterocycles. The Hall–Kier alpha value is -3.70. The van der Waals surface area contributed by atoms with Crippen molar-refractivity contribution < 1.29 is 4.74 Å². The molecule has 3 aromatic carbocycles. The monoisotopic (exact) mass is 466 g/mol. The molecule has 0 bridgehead atoms. The van der Waals surface area contributed by atoms with Crippen molar-refractivity contribution >= 4 is 28.9 Å². The van der Waals surface area contributed by atoms with E-state index in [0.717, 1.165) is 66.2 Å². The first-order valence-electron chi connectivity index (χ1n) is 12.4. The lowest BCUT2D eigenvalue weighted by atomic mass is 10.2. The number of anilines is 1. The number of para-hydroxylation sites is 1. The van der Waals surface area contributed by atoms with E-state index in [-0.39, 0.29) is 0 Å². The molecule has 35 heavy (non-hydrogen) atoms. The Balaban J connectivity index is 1.41. The summed E-state index contributed by atoms with van der Waals surface area (Å²) in [7, 11) is 0. The molecule has 0 aliphatic rings. The SMILES string of the molecule is CCN(CC)CCCNc1nc(C=Cc2ccc(OCc3ccccc3)cc2)nc2ccccc12. The normalized spacial score (nSPS) is 11.4. The highest BCUT2D eigenvalue weighted by Crippen LogP contribution is 2.21. The second-order valence-electron chi connectivity index (χ2n) is 8.43. The van der Waals surface area contributed by atoms with Crippen LogP contribution in [0, 0.1) is 0 Å². The first-order chi connectivity index (χ1) is 17.2. The molecule has 0 unspecified atom stereocenters. The molecule has 1 N–H and O–H groups in total. The summed E-state index contributed by atoms with van der Waals surface area (Å²) < 4.78 is 5.89. The molecule has 0 aliphatic carbocycles. The van der Waals surface area contributed by atoms with Crippen molar-refractivity contribution in [2.75, 3.05) is 31.5 Å². The first kappa shape index (κ1) is 24.4. The fourth-order valence-corrected chi connectivity index (χ4v) is 3.94. The van der Waals surface area contributed by atoms with E-state index in [9.17, 15) is 0 Å². The lowest BCUT2D eigenvalue weighted by Gasteiger charge is -2.18. The number of nitrogens with one attached hydrogen (secondary N) is 1. The van der Waals surface area contributed by atoms with Gasteiger partial charge in [0.1, 0.15) is 18.2 Å². The zero-order chi connectivity index (χ0) is 24.3. The number of hydrogen-bond acceptors (Lipinski definition) is 5. The van der Waals surface area contributed by atoms with E-state index < -0.39 is 0 Å². The summed E-state index contributed by atoms with van der Waals surface area (Å²) in [6, 6.07) is 26.4. The van der Waals surface area contributed by atoms with Crippen LogP contribution in [0.3, 0.4) is 0 Å². The average molecular weight is 467 g/mol. The van der Waals surface area contributed by atoms with Crippen LogP contribution in [0.15, 0.2) is 78.9 Å². The fraction of sp³-hybridized carbons (Fsp3) is 0.267. The van der Waals surface area contributed by atoms with Crippen LogP contribution in [-0.4, -0.2) is 41.0 Å². The van der Waals surface area contributed by atoms with Crippen molar-refractivity contribution in [3.63, 3.8) is 0 Å². The molecule has 0 saturated heterocycles. The Kier molecular flexibility index (Phi) is 8.85. The lowest BCUT2D eigenvalue weighted by molar-refractivity contribution is 0.303. The summed E-state index contributed by atoms with van der Waals surface area (Å²) in [4.78, 5) is 12.0. The topological polar surface area (TPSA) is 50.3 Å². The number of benzene rings is 3. The largest absolute Gasteiger partial charge is 0.489 e. The van der Waals surface area contributed by atoms with Gasteiger partial charge in [0.2, 0.25) is 0 Å². The fourth-order valence-electron chi connectivity index (χ4n) is 3.94. The van der Waals surface area contributed by atoms with E-state index in [1.165, 1.54) is 0 Å². The molecule has 0 amide bonds. The maximum atomic E-state index is 5.89. The van der Waals surface area contributed by atoms with Gasteiger partial charge in [0.05, 0.1) is 5.52 Å². The highest BCUT2D eigenvalue weighted by atomic mass is 16.5. The lowest BCUT2D eigenvalue weighted by Crippen LogP contribution is -2.25. The molecule has 0 atom stereocenters. The molecule has 180 valence electrons. The molecular formula is C30H34N4O. The van der Waals surface area contributed by atoms with Gasteiger partial charge in [0.15, 0.2) is 5.82 Å². The van der Waals surface area contributed by atoms with E-state index in [0.29, 0.717) is 12.4 Å². The van der Waals surface area contributed by atoms with Crippen LogP contribution in [0.25, 0.3) is 23.1 Å². The van der Waals surface area contributed by atoms with Gasteiger partial charge in [-0.3, -0.25) is 0 Å². The predicted molar refractivity (Wildman–Crippen MR) is 147 cm³/mol. The maximum absolute atomic E-state index is 5.89. The first-order valence-corrected chi connectivity index (χ1v) is 12.4.